The Morgan fingerprint density at radius 1 is 1.03 bits per heavy atom. The highest BCUT2D eigenvalue weighted by atomic mass is 19.4. The fraction of sp³-hybridized carbons (Fsp3) is 0.583. The lowest BCUT2D eigenvalue weighted by Crippen LogP contribution is -2.49. The summed E-state index contributed by atoms with van der Waals surface area (Å²) in [5.74, 6) is -4.75. The number of hydrogen-bond acceptors (Lipinski definition) is 6. The number of aliphatic carboxylic acids is 2. The zero-order valence-corrected chi connectivity index (χ0v) is 21.3. The van der Waals surface area contributed by atoms with Crippen LogP contribution in [-0.4, -0.2) is 90.3 Å². The zero-order valence-electron chi connectivity index (χ0n) is 21.3. The lowest BCUT2D eigenvalue weighted by molar-refractivity contribution is -0.193. The highest BCUT2D eigenvalue weighted by molar-refractivity contribution is 5.73. The van der Waals surface area contributed by atoms with Crippen LogP contribution in [-0.2, 0) is 22.7 Å². The van der Waals surface area contributed by atoms with Crippen LogP contribution in [0.5, 0.6) is 0 Å². The van der Waals surface area contributed by atoms with Crippen LogP contribution in [0.4, 0.5) is 26.3 Å². The van der Waals surface area contributed by atoms with Gasteiger partial charge in [0.1, 0.15) is 0 Å². The Balaban J connectivity index is 0.000000317. The maximum atomic E-state index is 10.6. The monoisotopic (exact) mass is 567 g/mol. The second-order valence-corrected chi connectivity index (χ2v) is 9.44. The molecule has 2 aromatic rings. The van der Waals surface area contributed by atoms with Crippen molar-refractivity contribution in [3.8, 4) is 0 Å². The maximum Gasteiger partial charge on any atom is 0.490 e. The molecule has 0 radical (unpaired) electrons. The molecule has 2 saturated heterocycles. The molecule has 2 N–H and O–H groups in total. The van der Waals surface area contributed by atoms with E-state index in [0.29, 0.717) is 12.1 Å². The molecule has 15 heteroatoms. The van der Waals surface area contributed by atoms with Gasteiger partial charge in [0.2, 0.25) is 0 Å². The summed E-state index contributed by atoms with van der Waals surface area (Å²) in [5.41, 5.74) is 1.19. The molecule has 2 aromatic heterocycles. The molecule has 9 nitrogen and oxygen atoms in total. The molecule has 0 amide bonds. The molecule has 0 aliphatic carbocycles. The normalized spacial score (nSPS) is 21.8. The minimum absolute atomic E-state index is 0.595. The summed E-state index contributed by atoms with van der Waals surface area (Å²) in [6.45, 7) is 9.06. The summed E-state index contributed by atoms with van der Waals surface area (Å²) in [6, 6.07) is 10.2. The lowest BCUT2D eigenvalue weighted by atomic mass is 9.91. The first kappa shape index (κ1) is 32.0. The van der Waals surface area contributed by atoms with Crippen molar-refractivity contribution in [2.45, 2.75) is 70.3 Å². The first-order valence-electron chi connectivity index (χ1n) is 12.1. The predicted octanol–water partition coefficient (Wildman–Crippen LogP) is 3.92. The number of likely N-dealkylation sites (tertiary alicyclic amines) is 2. The van der Waals surface area contributed by atoms with Crippen molar-refractivity contribution >= 4 is 11.9 Å². The second kappa shape index (κ2) is 13.7. The Labute approximate surface area is 221 Å². The van der Waals surface area contributed by atoms with Crippen LogP contribution in [0.25, 0.3) is 0 Å². The van der Waals surface area contributed by atoms with Gasteiger partial charge in [0, 0.05) is 56.4 Å². The van der Waals surface area contributed by atoms with Crippen LogP contribution in [0.3, 0.4) is 0 Å². The van der Waals surface area contributed by atoms with Crippen molar-refractivity contribution in [2.75, 3.05) is 13.1 Å². The van der Waals surface area contributed by atoms with Gasteiger partial charge in [-0.25, -0.2) is 9.59 Å². The molecule has 218 valence electrons. The number of hydrogen-bond donors (Lipinski definition) is 2. The molecule has 2 aliphatic rings. The fourth-order valence-corrected chi connectivity index (χ4v) is 4.92. The zero-order chi connectivity index (χ0) is 29.4. The summed E-state index contributed by atoms with van der Waals surface area (Å²) in [6.07, 6.45) is -1.74. The number of alkyl halides is 6. The number of halogens is 6. The Morgan fingerprint density at radius 2 is 1.64 bits per heavy atom. The van der Waals surface area contributed by atoms with Crippen molar-refractivity contribution in [2.24, 2.45) is 5.92 Å². The smallest absolute Gasteiger partial charge is 0.475 e. The van der Waals surface area contributed by atoms with E-state index in [-0.39, 0.29) is 0 Å². The largest absolute Gasteiger partial charge is 0.490 e. The SMILES string of the molecule is CC(C)N1[C@H](Cn2cccn2)C[C@@H]2CN(Cc3ccccn3)CC[C@@H]21.O=C(O)C(F)(F)F.O=C(O)C(F)(F)F. The summed E-state index contributed by atoms with van der Waals surface area (Å²) >= 11 is 0. The minimum atomic E-state index is -5.08. The molecule has 3 atom stereocenters. The van der Waals surface area contributed by atoms with Crippen molar-refractivity contribution in [3.05, 3.63) is 48.5 Å². The van der Waals surface area contributed by atoms with Gasteiger partial charge in [0.05, 0.1) is 12.2 Å². The van der Waals surface area contributed by atoms with Crippen LogP contribution in [0.2, 0.25) is 0 Å². The minimum Gasteiger partial charge on any atom is -0.475 e. The summed E-state index contributed by atoms with van der Waals surface area (Å²) in [7, 11) is 0. The average Bonchev–Trinajstić information content (AvgIpc) is 3.46. The van der Waals surface area contributed by atoms with Crippen LogP contribution >= 0.6 is 0 Å². The van der Waals surface area contributed by atoms with Gasteiger partial charge in [-0.1, -0.05) is 6.07 Å². The van der Waals surface area contributed by atoms with E-state index in [1.807, 2.05) is 24.5 Å². The van der Waals surface area contributed by atoms with Gasteiger partial charge in [-0.3, -0.25) is 19.5 Å². The van der Waals surface area contributed by atoms with Gasteiger partial charge < -0.3 is 10.2 Å². The molecule has 0 aromatic carbocycles. The van der Waals surface area contributed by atoms with Gasteiger partial charge in [0.25, 0.3) is 0 Å². The van der Waals surface area contributed by atoms with Crippen molar-refractivity contribution in [3.63, 3.8) is 0 Å². The number of piperidine rings is 1. The topological polar surface area (TPSA) is 112 Å². The van der Waals surface area contributed by atoms with E-state index in [2.05, 4.69) is 56.7 Å². The van der Waals surface area contributed by atoms with Gasteiger partial charge in [-0.05, 0) is 50.8 Å². The number of rotatable bonds is 5. The van der Waals surface area contributed by atoms with Crippen molar-refractivity contribution < 1.29 is 46.1 Å². The summed E-state index contributed by atoms with van der Waals surface area (Å²) < 4.78 is 65.6. The Hall–Kier alpha value is -3.20. The third-order valence-corrected chi connectivity index (χ3v) is 6.31. The van der Waals surface area contributed by atoms with Gasteiger partial charge in [0.15, 0.2) is 0 Å². The number of carbonyl (C=O) groups is 2. The lowest BCUT2D eigenvalue weighted by Gasteiger charge is -2.40. The van der Waals surface area contributed by atoms with Crippen molar-refractivity contribution in [1.82, 2.24) is 24.6 Å². The molecule has 0 spiro atoms. The molecular formula is C24H31F6N5O4. The van der Waals surface area contributed by atoms with E-state index in [1.165, 1.54) is 31.6 Å². The molecule has 2 fully saturated rings. The second-order valence-electron chi connectivity index (χ2n) is 9.44. The molecule has 0 bridgehead atoms. The number of fused-ring (bicyclic) bond motifs is 1. The van der Waals surface area contributed by atoms with Gasteiger partial charge >= 0.3 is 24.3 Å². The maximum absolute atomic E-state index is 10.6. The Morgan fingerprint density at radius 3 is 2.10 bits per heavy atom. The van der Waals surface area contributed by atoms with Crippen LogP contribution < -0.4 is 0 Å². The third-order valence-electron chi connectivity index (χ3n) is 6.31. The summed E-state index contributed by atoms with van der Waals surface area (Å²) in [5, 5.41) is 18.7. The average molecular weight is 568 g/mol. The molecule has 0 saturated carbocycles. The van der Waals surface area contributed by atoms with Crippen LogP contribution in [0.1, 0.15) is 32.4 Å². The molecule has 39 heavy (non-hydrogen) atoms. The Kier molecular flexibility index (Phi) is 11.3. The number of carboxylic acids is 2. The number of aromatic nitrogens is 3. The van der Waals surface area contributed by atoms with E-state index in [0.717, 1.165) is 25.0 Å². The van der Waals surface area contributed by atoms with Gasteiger partial charge in [-0.2, -0.15) is 31.4 Å². The molecule has 4 heterocycles. The third kappa shape index (κ3) is 10.1. The van der Waals surface area contributed by atoms with E-state index in [1.54, 1.807) is 0 Å². The standard InChI is InChI=1S/C20H29N5.2C2HF3O2/c1-16(2)25-19(15-24-10-5-9-22-24)12-17-13-23(11-7-20(17)25)14-18-6-3-4-8-21-18;2*3-2(4,5)1(6)7/h3-6,8-10,16-17,19-20H,7,11-15H2,1-2H3;2*(H,6,7)/t17-,19+,20+;;/m1../s1. The van der Waals surface area contributed by atoms with Crippen molar-refractivity contribution in [1.29, 1.82) is 0 Å². The van der Waals surface area contributed by atoms with Crippen LogP contribution in [0.15, 0.2) is 42.9 Å². The summed E-state index contributed by atoms with van der Waals surface area (Å²) in [4.78, 5) is 27.7. The Bertz CT molecular complexity index is 1010. The highest BCUT2D eigenvalue weighted by Gasteiger charge is 2.45. The van der Waals surface area contributed by atoms with E-state index in [4.69, 9.17) is 19.8 Å². The predicted molar refractivity (Wildman–Crippen MR) is 126 cm³/mol. The highest BCUT2D eigenvalue weighted by Crippen LogP contribution is 2.38. The molecule has 2 aliphatic heterocycles. The number of nitrogens with zero attached hydrogens (tertiary/aromatic N) is 5. The number of pyridine rings is 1. The number of carboxylic acid groups (broad SMARTS) is 2. The van der Waals surface area contributed by atoms with E-state index >= 15 is 0 Å². The van der Waals surface area contributed by atoms with E-state index < -0.39 is 24.3 Å². The first-order valence-corrected chi connectivity index (χ1v) is 12.1. The van der Waals surface area contributed by atoms with E-state index in [9.17, 15) is 26.3 Å². The molecule has 0 unspecified atom stereocenters. The molecular weight excluding hydrogens is 536 g/mol. The van der Waals surface area contributed by atoms with Crippen LogP contribution in [0, 0.1) is 5.92 Å². The fourth-order valence-electron chi connectivity index (χ4n) is 4.92. The first-order chi connectivity index (χ1) is 18.1. The van der Waals surface area contributed by atoms with Gasteiger partial charge in [-0.15, -0.1) is 0 Å². The quantitative estimate of drug-likeness (QED) is 0.524. The molecule has 4 rings (SSSR count).